The van der Waals surface area contributed by atoms with E-state index in [4.69, 9.17) is 0 Å². The smallest absolute Gasteiger partial charge is 0.271 e. The molecule has 0 aliphatic carbocycles. The van der Waals surface area contributed by atoms with Crippen LogP contribution in [0.4, 0.5) is 0 Å². The Bertz CT molecular complexity index is 79.8. The molecule has 2 nitrogen and oxygen atoms in total. The molecule has 0 unspecified atom stereocenters. The van der Waals surface area contributed by atoms with Crippen molar-refractivity contribution in [2.75, 3.05) is 0 Å². The van der Waals surface area contributed by atoms with Gasteiger partial charge in [0.15, 0.2) is 0 Å². The van der Waals surface area contributed by atoms with Gasteiger partial charge in [0, 0.05) is 0 Å². The van der Waals surface area contributed by atoms with Gasteiger partial charge in [-0.3, -0.25) is 9.59 Å². The molecule has 0 atom stereocenters. The second-order valence-electron chi connectivity index (χ2n) is 0.547. The average molecular weight is 216 g/mol. The molecular formula is C3H6Cl4O2. The van der Waals surface area contributed by atoms with Crippen LogP contribution < -0.4 is 0 Å². The molecule has 0 saturated carbocycles. The van der Waals surface area contributed by atoms with Crippen molar-refractivity contribution in [3.63, 3.8) is 0 Å². The first-order valence-electron chi connectivity index (χ1n) is 1.04. The van der Waals surface area contributed by atoms with E-state index in [1.165, 1.54) is 0 Å². The molecule has 0 aliphatic heterocycles. The minimum atomic E-state index is -1.14. The Morgan fingerprint density at radius 2 is 1.00 bits per heavy atom. The SMILES string of the molecule is C.Cl.Cl.O=C(Cl)C(=O)Cl. The minimum absolute atomic E-state index is 0. The van der Waals surface area contributed by atoms with Crippen LogP contribution in [0, 0.1) is 0 Å². The van der Waals surface area contributed by atoms with Crippen LogP contribution in [-0.4, -0.2) is 10.5 Å². The van der Waals surface area contributed by atoms with Gasteiger partial charge in [0.25, 0.3) is 0 Å². The van der Waals surface area contributed by atoms with Crippen molar-refractivity contribution in [2.24, 2.45) is 0 Å². The molecule has 0 radical (unpaired) electrons. The predicted octanol–water partition coefficient (Wildman–Crippen LogP) is 2.00. The van der Waals surface area contributed by atoms with Crippen LogP contribution in [0.5, 0.6) is 0 Å². The molecule has 0 heterocycles. The van der Waals surface area contributed by atoms with E-state index in [1.807, 2.05) is 0 Å². The Hall–Kier alpha value is 0.500. The van der Waals surface area contributed by atoms with E-state index >= 15 is 0 Å². The quantitative estimate of drug-likeness (QED) is 0.496. The van der Waals surface area contributed by atoms with Crippen molar-refractivity contribution < 1.29 is 9.59 Å². The first-order valence-corrected chi connectivity index (χ1v) is 1.79. The fraction of sp³-hybridized carbons (Fsp3) is 0.333. The lowest BCUT2D eigenvalue weighted by molar-refractivity contribution is -0.127. The fourth-order valence-corrected chi connectivity index (χ4v) is 0. The van der Waals surface area contributed by atoms with Crippen LogP contribution in [0.25, 0.3) is 0 Å². The highest BCUT2D eigenvalue weighted by molar-refractivity contribution is 6.97. The van der Waals surface area contributed by atoms with E-state index in [-0.39, 0.29) is 32.2 Å². The molecule has 0 aromatic carbocycles. The lowest BCUT2D eigenvalue weighted by Crippen LogP contribution is -1.94. The lowest BCUT2D eigenvalue weighted by atomic mass is 10.9. The molecule has 0 spiro atoms. The zero-order chi connectivity index (χ0) is 5.15. The summed E-state index contributed by atoms with van der Waals surface area (Å²) in [4.78, 5) is 18.9. The molecule has 0 amide bonds. The van der Waals surface area contributed by atoms with E-state index in [0.29, 0.717) is 0 Å². The van der Waals surface area contributed by atoms with Gasteiger partial charge in [-0.2, -0.15) is 0 Å². The Labute approximate surface area is 75.7 Å². The second kappa shape index (κ2) is 11.3. The fourth-order valence-electron chi connectivity index (χ4n) is 0. The first-order chi connectivity index (χ1) is 2.64. The molecule has 0 bridgehead atoms. The molecule has 0 N–H and O–H groups in total. The predicted molar refractivity (Wildman–Crippen MR) is 42.9 cm³/mol. The molecule has 0 rings (SSSR count). The molecule has 6 heteroatoms. The Kier molecular flexibility index (Phi) is 28.5. The Morgan fingerprint density at radius 3 is 1.00 bits per heavy atom. The third kappa shape index (κ3) is 17.7. The van der Waals surface area contributed by atoms with Crippen LogP contribution >= 0.6 is 48.0 Å². The van der Waals surface area contributed by atoms with Crippen molar-refractivity contribution in [3.8, 4) is 0 Å². The molecule has 58 valence electrons. The van der Waals surface area contributed by atoms with Gasteiger partial charge in [-0.1, -0.05) is 7.43 Å². The van der Waals surface area contributed by atoms with Crippen LogP contribution in [0.1, 0.15) is 7.43 Å². The summed E-state index contributed by atoms with van der Waals surface area (Å²) in [6.45, 7) is 0. The third-order valence-corrected chi connectivity index (χ3v) is 0.595. The highest BCUT2D eigenvalue weighted by Gasteiger charge is 2.01. The summed E-state index contributed by atoms with van der Waals surface area (Å²) in [5, 5.41) is -2.28. The van der Waals surface area contributed by atoms with Gasteiger partial charge >= 0.3 is 10.5 Å². The molecule has 0 aromatic rings. The van der Waals surface area contributed by atoms with Crippen LogP contribution in [-0.2, 0) is 9.59 Å². The number of hydrogen-bond acceptors (Lipinski definition) is 2. The van der Waals surface area contributed by atoms with Crippen molar-refractivity contribution in [2.45, 2.75) is 7.43 Å². The standard InChI is InChI=1S/C2Cl2O2.CH4.2ClH/c3-1(5)2(4)6;;;/h;1H4;2*1H. The van der Waals surface area contributed by atoms with E-state index in [9.17, 15) is 9.59 Å². The summed E-state index contributed by atoms with van der Waals surface area (Å²) >= 11 is 8.98. The summed E-state index contributed by atoms with van der Waals surface area (Å²) in [6.07, 6.45) is 0. The normalized spacial score (nSPS) is 5.11. The summed E-state index contributed by atoms with van der Waals surface area (Å²) < 4.78 is 0. The number of rotatable bonds is 1. The van der Waals surface area contributed by atoms with Gasteiger partial charge in [-0.15, -0.1) is 24.8 Å². The van der Waals surface area contributed by atoms with E-state index < -0.39 is 10.5 Å². The van der Waals surface area contributed by atoms with Crippen LogP contribution in [0.3, 0.4) is 0 Å². The molecule has 0 fully saturated rings. The second-order valence-corrected chi connectivity index (χ2v) is 1.23. The molecule has 9 heavy (non-hydrogen) atoms. The first kappa shape index (κ1) is 22.7. The Balaban J connectivity index is -0.0000000417. The van der Waals surface area contributed by atoms with Gasteiger partial charge in [-0.05, 0) is 23.2 Å². The van der Waals surface area contributed by atoms with Crippen LogP contribution in [0.2, 0.25) is 0 Å². The van der Waals surface area contributed by atoms with Crippen molar-refractivity contribution in [3.05, 3.63) is 0 Å². The summed E-state index contributed by atoms with van der Waals surface area (Å²) in [7, 11) is 0. The van der Waals surface area contributed by atoms with Gasteiger partial charge in [0.05, 0.1) is 0 Å². The van der Waals surface area contributed by atoms with Gasteiger partial charge < -0.3 is 0 Å². The van der Waals surface area contributed by atoms with Crippen molar-refractivity contribution >= 4 is 58.5 Å². The number of hydrogen-bond donors (Lipinski definition) is 0. The highest BCUT2D eigenvalue weighted by Crippen LogP contribution is 1.84. The monoisotopic (exact) mass is 214 g/mol. The van der Waals surface area contributed by atoms with Crippen molar-refractivity contribution in [1.29, 1.82) is 0 Å². The molecule has 0 saturated heterocycles. The third-order valence-electron chi connectivity index (χ3n) is 0.155. The Morgan fingerprint density at radius 1 is 0.889 bits per heavy atom. The summed E-state index contributed by atoms with van der Waals surface area (Å²) in [6, 6.07) is 0. The summed E-state index contributed by atoms with van der Waals surface area (Å²) in [5.41, 5.74) is 0. The maximum Gasteiger partial charge on any atom is 0.304 e. The lowest BCUT2D eigenvalue weighted by Gasteiger charge is -1.67. The highest BCUT2D eigenvalue weighted by atomic mass is 35.5. The maximum absolute atomic E-state index is 9.43. The number of carbonyl (C=O) groups excluding carboxylic acids is 2. The zero-order valence-electron chi connectivity index (χ0n) is 3.39. The molecule has 0 aliphatic rings. The average Bonchev–Trinajstić information content (AvgIpc) is 1.36. The largest absolute Gasteiger partial charge is 0.304 e. The van der Waals surface area contributed by atoms with Gasteiger partial charge in [0.1, 0.15) is 0 Å². The van der Waals surface area contributed by atoms with E-state index in [1.54, 1.807) is 0 Å². The number of carbonyl (C=O) groups is 2. The van der Waals surface area contributed by atoms with Crippen molar-refractivity contribution in [1.82, 2.24) is 0 Å². The minimum Gasteiger partial charge on any atom is -0.271 e. The number of halogens is 4. The topological polar surface area (TPSA) is 34.1 Å². The van der Waals surface area contributed by atoms with Gasteiger partial charge in [0.2, 0.25) is 0 Å². The molecule has 0 aromatic heterocycles. The maximum atomic E-state index is 9.43. The summed E-state index contributed by atoms with van der Waals surface area (Å²) in [5.74, 6) is 0. The zero-order valence-corrected chi connectivity index (χ0v) is 6.53. The van der Waals surface area contributed by atoms with E-state index in [2.05, 4.69) is 23.2 Å². The van der Waals surface area contributed by atoms with E-state index in [0.717, 1.165) is 0 Å². The van der Waals surface area contributed by atoms with Crippen LogP contribution in [0.15, 0.2) is 0 Å². The van der Waals surface area contributed by atoms with Gasteiger partial charge in [-0.25, -0.2) is 0 Å². The molecular weight excluding hydrogens is 210 g/mol.